The van der Waals surface area contributed by atoms with Crippen molar-refractivity contribution in [2.24, 2.45) is 0 Å². The van der Waals surface area contributed by atoms with Crippen LogP contribution in [0.25, 0.3) is 0 Å². The zero-order valence-corrected chi connectivity index (χ0v) is 12.4. The van der Waals surface area contributed by atoms with Crippen molar-refractivity contribution in [3.05, 3.63) is 28.8 Å². The molecule has 1 saturated heterocycles. The molecule has 1 heterocycles. The molecule has 0 bridgehead atoms. The molecule has 0 aliphatic carbocycles. The van der Waals surface area contributed by atoms with Gasteiger partial charge < -0.3 is 9.47 Å². The minimum Gasteiger partial charge on any atom is -0.466 e. The standard InChI is InChI=1S/C14H12ClNO6/c1-21-13(19)7-22-14(20)9-6-8(2-3-10(9)15)16-11(17)4-5-12(16)18/h2-3,6H,4-5,7H2,1H3. The van der Waals surface area contributed by atoms with Gasteiger partial charge in [0, 0.05) is 12.8 Å². The number of hydrogen-bond acceptors (Lipinski definition) is 6. The second-order valence-electron chi connectivity index (χ2n) is 4.44. The summed E-state index contributed by atoms with van der Waals surface area (Å²) in [5.41, 5.74) is 0.192. The number of ether oxygens (including phenoxy) is 2. The summed E-state index contributed by atoms with van der Waals surface area (Å²) in [6, 6.07) is 4.12. The Balaban J connectivity index is 2.23. The van der Waals surface area contributed by atoms with Gasteiger partial charge in [-0.25, -0.2) is 9.59 Å². The van der Waals surface area contributed by atoms with Gasteiger partial charge in [-0.2, -0.15) is 0 Å². The van der Waals surface area contributed by atoms with E-state index < -0.39 is 18.5 Å². The number of methoxy groups -OCH3 is 1. The average molecular weight is 326 g/mol. The number of carbonyl (C=O) groups is 4. The molecule has 2 rings (SSSR count). The van der Waals surface area contributed by atoms with Crippen LogP contribution in [0.3, 0.4) is 0 Å². The zero-order valence-electron chi connectivity index (χ0n) is 11.6. The molecule has 1 aliphatic heterocycles. The first-order chi connectivity index (χ1) is 10.4. The van der Waals surface area contributed by atoms with Gasteiger partial charge in [0.2, 0.25) is 11.8 Å². The first-order valence-electron chi connectivity index (χ1n) is 6.33. The number of hydrogen-bond donors (Lipinski definition) is 0. The van der Waals surface area contributed by atoms with Crippen LogP contribution in [0.5, 0.6) is 0 Å². The number of rotatable bonds is 4. The fourth-order valence-corrected chi connectivity index (χ4v) is 2.13. The van der Waals surface area contributed by atoms with Crippen LogP contribution >= 0.6 is 11.6 Å². The summed E-state index contributed by atoms with van der Waals surface area (Å²) in [6.45, 7) is -0.558. The van der Waals surface area contributed by atoms with Crippen LogP contribution in [0.15, 0.2) is 18.2 Å². The maximum atomic E-state index is 11.9. The van der Waals surface area contributed by atoms with E-state index in [2.05, 4.69) is 4.74 Å². The number of amides is 2. The van der Waals surface area contributed by atoms with Crippen LogP contribution in [0, 0.1) is 0 Å². The molecule has 0 N–H and O–H groups in total. The summed E-state index contributed by atoms with van der Waals surface area (Å²) in [5.74, 6) is -2.26. The lowest BCUT2D eigenvalue weighted by molar-refractivity contribution is -0.144. The van der Waals surface area contributed by atoms with Crippen LogP contribution in [-0.4, -0.2) is 37.5 Å². The summed E-state index contributed by atoms with van der Waals surface area (Å²) in [5, 5.41) is 0.0812. The third-order valence-electron chi connectivity index (χ3n) is 3.03. The lowest BCUT2D eigenvalue weighted by atomic mass is 10.2. The Morgan fingerprint density at radius 3 is 2.45 bits per heavy atom. The molecule has 2 amide bonds. The van der Waals surface area contributed by atoms with E-state index in [1.165, 1.54) is 18.2 Å². The van der Waals surface area contributed by atoms with Crippen molar-refractivity contribution in [3.63, 3.8) is 0 Å². The number of carbonyl (C=O) groups excluding carboxylic acids is 4. The molecule has 1 aromatic carbocycles. The molecular formula is C14H12ClNO6. The predicted octanol–water partition coefficient (Wildman–Crippen LogP) is 1.32. The summed E-state index contributed by atoms with van der Waals surface area (Å²) in [4.78, 5) is 47.3. The molecule has 1 aromatic rings. The van der Waals surface area contributed by atoms with Gasteiger partial charge in [-0.1, -0.05) is 11.6 Å². The topological polar surface area (TPSA) is 90.0 Å². The van der Waals surface area contributed by atoms with Crippen molar-refractivity contribution in [2.45, 2.75) is 12.8 Å². The molecule has 1 fully saturated rings. The van der Waals surface area contributed by atoms with E-state index in [9.17, 15) is 19.2 Å². The molecule has 0 spiro atoms. The first kappa shape index (κ1) is 16.0. The summed E-state index contributed by atoms with van der Waals surface area (Å²) in [7, 11) is 1.16. The molecule has 0 aromatic heterocycles. The predicted molar refractivity (Wildman–Crippen MR) is 75.5 cm³/mol. The maximum absolute atomic E-state index is 11.9. The van der Waals surface area contributed by atoms with Gasteiger partial charge in [-0.05, 0) is 18.2 Å². The Bertz CT molecular complexity index is 641. The molecular weight excluding hydrogens is 314 g/mol. The van der Waals surface area contributed by atoms with E-state index >= 15 is 0 Å². The minimum absolute atomic E-state index is 0.0458. The van der Waals surface area contributed by atoms with Gasteiger partial charge in [-0.3, -0.25) is 14.5 Å². The number of nitrogens with zero attached hydrogens (tertiary/aromatic N) is 1. The van der Waals surface area contributed by atoms with Gasteiger partial charge in [0.1, 0.15) is 0 Å². The second-order valence-corrected chi connectivity index (χ2v) is 4.85. The van der Waals surface area contributed by atoms with Crippen molar-refractivity contribution in [1.82, 2.24) is 0 Å². The van der Waals surface area contributed by atoms with Gasteiger partial charge in [0.05, 0.1) is 23.4 Å². The minimum atomic E-state index is -0.851. The number of anilines is 1. The summed E-state index contributed by atoms with van der Waals surface area (Å²) >= 11 is 5.91. The second kappa shape index (κ2) is 6.57. The molecule has 0 radical (unpaired) electrons. The highest BCUT2D eigenvalue weighted by atomic mass is 35.5. The number of benzene rings is 1. The summed E-state index contributed by atoms with van der Waals surface area (Å²) in [6.07, 6.45) is 0.257. The highest BCUT2D eigenvalue weighted by Gasteiger charge is 2.31. The van der Waals surface area contributed by atoms with Crippen LogP contribution in [0.1, 0.15) is 23.2 Å². The fourth-order valence-electron chi connectivity index (χ4n) is 1.93. The van der Waals surface area contributed by atoms with E-state index in [-0.39, 0.29) is 40.9 Å². The molecule has 22 heavy (non-hydrogen) atoms. The van der Waals surface area contributed by atoms with Gasteiger partial charge in [-0.15, -0.1) is 0 Å². The lowest BCUT2D eigenvalue weighted by Crippen LogP contribution is -2.28. The molecule has 0 atom stereocenters. The largest absolute Gasteiger partial charge is 0.466 e. The highest BCUT2D eigenvalue weighted by molar-refractivity contribution is 6.34. The first-order valence-corrected chi connectivity index (χ1v) is 6.71. The van der Waals surface area contributed by atoms with E-state index in [0.717, 1.165) is 12.0 Å². The Morgan fingerprint density at radius 2 is 1.86 bits per heavy atom. The van der Waals surface area contributed by atoms with E-state index in [1.54, 1.807) is 0 Å². The van der Waals surface area contributed by atoms with Gasteiger partial charge in [0.15, 0.2) is 6.61 Å². The Kier molecular flexibility index (Phi) is 4.77. The third kappa shape index (κ3) is 3.25. The van der Waals surface area contributed by atoms with Crippen molar-refractivity contribution >= 4 is 41.0 Å². The monoisotopic (exact) mass is 325 g/mol. The van der Waals surface area contributed by atoms with Gasteiger partial charge >= 0.3 is 11.9 Å². The molecule has 116 valence electrons. The maximum Gasteiger partial charge on any atom is 0.344 e. The quantitative estimate of drug-likeness (QED) is 0.612. The van der Waals surface area contributed by atoms with Crippen LogP contribution < -0.4 is 4.90 Å². The SMILES string of the molecule is COC(=O)COC(=O)c1cc(N2C(=O)CCC2=O)ccc1Cl. The fraction of sp³-hybridized carbons (Fsp3) is 0.286. The average Bonchev–Trinajstić information content (AvgIpc) is 2.84. The van der Waals surface area contributed by atoms with Crippen LogP contribution in [0.2, 0.25) is 5.02 Å². The van der Waals surface area contributed by atoms with Crippen LogP contribution in [-0.2, 0) is 23.9 Å². The smallest absolute Gasteiger partial charge is 0.344 e. The van der Waals surface area contributed by atoms with E-state index in [1.807, 2.05) is 0 Å². The molecule has 8 heteroatoms. The Morgan fingerprint density at radius 1 is 1.23 bits per heavy atom. The molecule has 1 aliphatic rings. The van der Waals surface area contributed by atoms with Gasteiger partial charge in [0.25, 0.3) is 0 Å². The molecule has 7 nitrogen and oxygen atoms in total. The summed E-state index contributed by atoms with van der Waals surface area (Å²) < 4.78 is 9.10. The van der Waals surface area contributed by atoms with Crippen molar-refractivity contribution in [2.75, 3.05) is 18.6 Å². The number of halogens is 1. The third-order valence-corrected chi connectivity index (χ3v) is 3.36. The van der Waals surface area contributed by atoms with Crippen LogP contribution in [0.4, 0.5) is 5.69 Å². The van der Waals surface area contributed by atoms with Crippen molar-refractivity contribution < 1.29 is 28.7 Å². The van der Waals surface area contributed by atoms with Crippen molar-refractivity contribution in [1.29, 1.82) is 0 Å². The van der Waals surface area contributed by atoms with E-state index in [4.69, 9.17) is 16.3 Å². The van der Waals surface area contributed by atoms with E-state index in [0.29, 0.717) is 0 Å². The van der Waals surface area contributed by atoms with Crippen molar-refractivity contribution in [3.8, 4) is 0 Å². The Labute approximate surface area is 130 Å². The number of imide groups is 1. The lowest BCUT2D eigenvalue weighted by Gasteiger charge is -2.15. The Hall–Kier alpha value is -2.41. The molecule has 0 saturated carbocycles. The number of esters is 2. The molecule has 0 unspecified atom stereocenters. The normalized spacial score (nSPS) is 14.2. The highest BCUT2D eigenvalue weighted by Crippen LogP contribution is 2.27. The zero-order chi connectivity index (χ0) is 16.3.